The lowest BCUT2D eigenvalue weighted by Crippen LogP contribution is -2.62. The van der Waals surface area contributed by atoms with Crippen LogP contribution in [0.15, 0.2) is 0 Å². The van der Waals surface area contributed by atoms with Gasteiger partial charge >= 0.3 is 0 Å². The average Bonchev–Trinajstić information content (AvgIpc) is 2.40. The number of rotatable bonds is 2. The number of likely N-dealkylation sites (tertiary alicyclic amines) is 1. The summed E-state index contributed by atoms with van der Waals surface area (Å²) in [6, 6.07) is 0. The molecule has 0 aromatic rings. The van der Waals surface area contributed by atoms with Crippen LogP contribution in [-0.2, 0) is 0 Å². The van der Waals surface area contributed by atoms with Crippen LogP contribution in [-0.4, -0.2) is 35.2 Å². The molecule has 0 radical (unpaired) electrons. The fourth-order valence-electron chi connectivity index (χ4n) is 3.61. The van der Waals surface area contributed by atoms with Gasteiger partial charge in [0.25, 0.3) is 0 Å². The molecule has 14 heavy (non-hydrogen) atoms. The molecule has 1 saturated heterocycles. The van der Waals surface area contributed by atoms with Gasteiger partial charge in [-0.3, -0.25) is 4.90 Å². The van der Waals surface area contributed by atoms with Gasteiger partial charge in [-0.05, 0) is 31.1 Å². The van der Waals surface area contributed by atoms with Gasteiger partial charge in [0, 0.05) is 19.6 Å². The Bertz CT molecular complexity index is 220. The van der Waals surface area contributed by atoms with E-state index in [4.69, 9.17) is 0 Å². The molecule has 2 saturated carbocycles. The highest BCUT2D eigenvalue weighted by Gasteiger charge is 2.49. The van der Waals surface area contributed by atoms with Crippen LogP contribution in [0.5, 0.6) is 0 Å². The third-order valence-corrected chi connectivity index (χ3v) is 4.58. The SMILES string of the molecule is OC1(CN2CC3(CCC3)C2)CCCC1. The summed E-state index contributed by atoms with van der Waals surface area (Å²) < 4.78 is 0. The van der Waals surface area contributed by atoms with Crippen molar-refractivity contribution >= 4 is 0 Å². The standard InChI is InChI=1S/C12H21NO/c14-12(6-1-2-7-12)10-13-8-11(9-13)4-3-5-11/h14H,1-10H2. The Morgan fingerprint density at radius 1 is 0.929 bits per heavy atom. The predicted octanol–water partition coefficient (Wildman–Crippen LogP) is 1.78. The molecule has 3 rings (SSSR count). The summed E-state index contributed by atoms with van der Waals surface area (Å²) in [5.41, 5.74) is 0.403. The number of β-amino-alcohol motifs (C(OH)–C–C–N with tert-alkyl or cyclic N) is 1. The van der Waals surface area contributed by atoms with Crippen LogP contribution in [0.1, 0.15) is 44.9 Å². The zero-order valence-electron chi connectivity index (χ0n) is 8.97. The first-order chi connectivity index (χ1) is 6.70. The molecule has 0 bridgehead atoms. The second-order valence-electron chi connectivity index (χ2n) is 5.93. The van der Waals surface area contributed by atoms with E-state index in [0.29, 0.717) is 0 Å². The number of hydrogen-bond acceptors (Lipinski definition) is 2. The second-order valence-corrected chi connectivity index (χ2v) is 5.93. The zero-order chi connectivity index (χ0) is 9.65. The van der Waals surface area contributed by atoms with Gasteiger partial charge in [-0.1, -0.05) is 19.3 Å². The van der Waals surface area contributed by atoms with Crippen LogP contribution in [0, 0.1) is 5.41 Å². The zero-order valence-corrected chi connectivity index (χ0v) is 8.97. The van der Waals surface area contributed by atoms with Gasteiger partial charge in [-0.25, -0.2) is 0 Å². The molecule has 2 heteroatoms. The quantitative estimate of drug-likeness (QED) is 0.726. The minimum atomic E-state index is -0.314. The largest absolute Gasteiger partial charge is 0.389 e. The van der Waals surface area contributed by atoms with Crippen LogP contribution in [0.3, 0.4) is 0 Å². The van der Waals surface area contributed by atoms with Crippen LogP contribution in [0.2, 0.25) is 0 Å². The molecular formula is C12H21NO. The Morgan fingerprint density at radius 2 is 1.57 bits per heavy atom. The molecule has 0 amide bonds. The topological polar surface area (TPSA) is 23.5 Å². The van der Waals surface area contributed by atoms with Crippen molar-refractivity contribution < 1.29 is 5.11 Å². The maximum absolute atomic E-state index is 10.2. The van der Waals surface area contributed by atoms with E-state index in [1.807, 2.05) is 0 Å². The summed E-state index contributed by atoms with van der Waals surface area (Å²) >= 11 is 0. The first kappa shape index (κ1) is 9.17. The van der Waals surface area contributed by atoms with Crippen molar-refractivity contribution in [1.82, 2.24) is 4.90 Å². The van der Waals surface area contributed by atoms with E-state index < -0.39 is 0 Å². The van der Waals surface area contributed by atoms with Crippen molar-refractivity contribution in [2.75, 3.05) is 19.6 Å². The lowest BCUT2D eigenvalue weighted by molar-refractivity contribution is -0.0991. The highest BCUT2D eigenvalue weighted by Crippen LogP contribution is 2.48. The van der Waals surface area contributed by atoms with E-state index in [-0.39, 0.29) is 5.60 Å². The van der Waals surface area contributed by atoms with Crippen LogP contribution < -0.4 is 0 Å². The Kier molecular flexibility index (Phi) is 1.94. The minimum Gasteiger partial charge on any atom is -0.389 e. The molecule has 1 heterocycles. The fraction of sp³-hybridized carbons (Fsp3) is 1.00. The van der Waals surface area contributed by atoms with Gasteiger partial charge in [0.2, 0.25) is 0 Å². The molecule has 80 valence electrons. The highest BCUT2D eigenvalue weighted by atomic mass is 16.3. The molecule has 3 aliphatic rings. The first-order valence-corrected chi connectivity index (χ1v) is 6.15. The summed E-state index contributed by atoms with van der Waals surface area (Å²) in [5, 5.41) is 10.2. The Balaban J connectivity index is 1.50. The maximum atomic E-state index is 10.2. The van der Waals surface area contributed by atoms with Gasteiger partial charge in [0.1, 0.15) is 0 Å². The van der Waals surface area contributed by atoms with Gasteiger partial charge < -0.3 is 5.11 Å². The molecule has 0 unspecified atom stereocenters. The van der Waals surface area contributed by atoms with Crippen molar-refractivity contribution in [3.63, 3.8) is 0 Å². The summed E-state index contributed by atoms with van der Waals surface area (Å²) in [6.07, 6.45) is 8.87. The molecular weight excluding hydrogens is 174 g/mol. The van der Waals surface area contributed by atoms with Crippen LogP contribution in [0.4, 0.5) is 0 Å². The molecule has 2 aliphatic carbocycles. The summed E-state index contributed by atoms with van der Waals surface area (Å²) in [6.45, 7) is 3.50. The monoisotopic (exact) mass is 195 g/mol. The molecule has 3 fully saturated rings. The maximum Gasteiger partial charge on any atom is 0.0774 e. The van der Waals surface area contributed by atoms with Crippen molar-refractivity contribution in [3.05, 3.63) is 0 Å². The fourth-order valence-corrected chi connectivity index (χ4v) is 3.61. The summed E-state index contributed by atoms with van der Waals surface area (Å²) in [5.74, 6) is 0. The molecule has 0 atom stereocenters. The van der Waals surface area contributed by atoms with E-state index in [0.717, 1.165) is 24.8 Å². The van der Waals surface area contributed by atoms with Gasteiger partial charge in [-0.15, -0.1) is 0 Å². The van der Waals surface area contributed by atoms with E-state index in [9.17, 15) is 5.11 Å². The van der Waals surface area contributed by atoms with Crippen molar-refractivity contribution in [2.45, 2.75) is 50.5 Å². The number of nitrogens with zero attached hydrogens (tertiary/aromatic N) is 1. The van der Waals surface area contributed by atoms with Gasteiger partial charge in [0.15, 0.2) is 0 Å². The third kappa shape index (κ3) is 1.40. The second kappa shape index (κ2) is 2.96. The number of aliphatic hydroxyl groups is 1. The Hall–Kier alpha value is -0.0800. The van der Waals surface area contributed by atoms with Gasteiger partial charge in [0.05, 0.1) is 5.60 Å². The lowest BCUT2D eigenvalue weighted by Gasteiger charge is -2.57. The molecule has 0 aromatic carbocycles. The molecule has 2 nitrogen and oxygen atoms in total. The Labute approximate surface area is 86.3 Å². The average molecular weight is 195 g/mol. The molecule has 1 N–H and O–H groups in total. The van der Waals surface area contributed by atoms with E-state index >= 15 is 0 Å². The van der Waals surface area contributed by atoms with Crippen molar-refractivity contribution in [2.24, 2.45) is 5.41 Å². The summed E-state index contributed by atoms with van der Waals surface area (Å²) in [7, 11) is 0. The highest BCUT2D eigenvalue weighted by molar-refractivity contribution is 5.02. The lowest BCUT2D eigenvalue weighted by atomic mass is 9.63. The van der Waals surface area contributed by atoms with Crippen molar-refractivity contribution in [1.29, 1.82) is 0 Å². The molecule has 0 aromatic heterocycles. The molecule has 1 spiro atoms. The van der Waals surface area contributed by atoms with E-state index in [2.05, 4.69) is 4.90 Å². The van der Waals surface area contributed by atoms with Gasteiger partial charge in [-0.2, -0.15) is 0 Å². The number of hydrogen-bond donors (Lipinski definition) is 1. The normalized spacial score (nSPS) is 34.1. The minimum absolute atomic E-state index is 0.314. The summed E-state index contributed by atoms with van der Waals surface area (Å²) in [4.78, 5) is 2.48. The van der Waals surface area contributed by atoms with Crippen molar-refractivity contribution in [3.8, 4) is 0 Å². The van der Waals surface area contributed by atoms with E-state index in [1.54, 1.807) is 0 Å². The van der Waals surface area contributed by atoms with Crippen LogP contribution in [0.25, 0.3) is 0 Å². The first-order valence-electron chi connectivity index (χ1n) is 6.15. The van der Waals surface area contributed by atoms with Crippen LogP contribution >= 0.6 is 0 Å². The predicted molar refractivity (Wildman–Crippen MR) is 56.1 cm³/mol. The Morgan fingerprint density at radius 3 is 2.07 bits per heavy atom. The molecule has 1 aliphatic heterocycles. The third-order valence-electron chi connectivity index (χ3n) is 4.58. The smallest absolute Gasteiger partial charge is 0.0774 e. The van der Waals surface area contributed by atoms with E-state index in [1.165, 1.54) is 45.2 Å².